The van der Waals surface area contributed by atoms with Crippen LogP contribution in [0.4, 0.5) is 0 Å². The van der Waals surface area contributed by atoms with Crippen molar-refractivity contribution in [2.45, 2.75) is 33.9 Å². The van der Waals surface area contributed by atoms with Crippen molar-refractivity contribution in [3.63, 3.8) is 0 Å². The number of carbonyl (C=O) groups is 1. The predicted octanol–water partition coefficient (Wildman–Crippen LogP) is 0.760. The second-order valence-electron chi connectivity index (χ2n) is 4.92. The maximum Gasteiger partial charge on any atom is 0.261 e. The summed E-state index contributed by atoms with van der Waals surface area (Å²) in [6, 6.07) is 0. The monoisotopic (exact) mass is 306 g/mol. The van der Waals surface area contributed by atoms with Crippen LogP contribution in [0.1, 0.15) is 38.9 Å². The minimum absolute atomic E-state index is 0.0430. The average molecular weight is 306 g/mol. The summed E-state index contributed by atoms with van der Waals surface area (Å²) in [7, 11) is 1.52. The van der Waals surface area contributed by atoms with E-state index in [2.05, 4.69) is 20.4 Å². The molecule has 0 aliphatic carbocycles. The molecule has 0 saturated heterocycles. The molecule has 0 aliphatic rings. The summed E-state index contributed by atoms with van der Waals surface area (Å²) in [4.78, 5) is 30.9. The number of hydrogen-bond acceptors (Lipinski definition) is 6. The Labute approximate surface area is 126 Å². The lowest BCUT2D eigenvalue weighted by Gasteiger charge is -2.09. The summed E-state index contributed by atoms with van der Waals surface area (Å²) in [6.07, 6.45) is 0. The van der Waals surface area contributed by atoms with Gasteiger partial charge >= 0.3 is 0 Å². The molecule has 22 heavy (non-hydrogen) atoms. The van der Waals surface area contributed by atoms with Gasteiger partial charge in [-0.05, 0) is 31.9 Å². The number of rotatable bonds is 5. The van der Waals surface area contributed by atoms with Gasteiger partial charge in [0.15, 0.2) is 5.82 Å². The first kappa shape index (κ1) is 15.9. The van der Waals surface area contributed by atoms with Gasteiger partial charge < -0.3 is 19.6 Å². The molecule has 2 heterocycles. The Morgan fingerprint density at radius 3 is 2.73 bits per heavy atom. The fourth-order valence-electron chi connectivity index (χ4n) is 2.03. The maximum absolute atomic E-state index is 12.2. The summed E-state index contributed by atoms with van der Waals surface area (Å²) >= 11 is 0. The first-order valence-electron chi connectivity index (χ1n) is 6.72. The van der Waals surface area contributed by atoms with Crippen molar-refractivity contribution in [3.8, 4) is 0 Å². The summed E-state index contributed by atoms with van der Waals surface area (Å²) in [5, 5.41) is 6.29. The van der Waals surface area contributed by atoms with Gasteiger partial charge in [-0.2, -0.15) is 4.98 Å². The van der Waals surface area contributed by atoms with Crippen molar-refractivity contribution >= 4 is 5.91 Å². The van der Waals surface area contributed by atoms with Gasteiger partial charge in [-0.3, -0.25) is 9.59 Å². The minimum Gasteiger partial charge on any atom is -0.377 e. The predicted molar refractivity (Wildman–Crippen MR) is 77.5 cm³/mol. The molecule has 2 N–H and O–H groups in total. The first-order chi connectivity index (χ1) is 10.4. The number of carbonyl (C=O) groups excluding carboxylic acids is 1. The summed E-state index contributed by atoms with van der Waals surface area (Å²) < 4.78 is 9.84. The number of H-pyrrole nitrogens is 1. The molecule has 0 bridgehead atoms. The normalized spacial score (nSPS) is 10.7. The highest BCUT2D eigenvalue weighted by atomic mass is 16.5. The van der Waals surface area contributed by atoms with Gasteiger partial charge in [0.2, 0.25) is 5.89 Å². The van der Waals surface area contributed by atoms with Crippen molar-refractivity contribution < 1.29 is 14.1 Å². The molecule has 8 heteroatoms. The third-order valence-corrected chi connectivity index (χ3v) is 3.44. The van der Waals surface area contributed by atoms with Crippen LogP contribution in [0.3, 0.4) is 0 Å². The highest BCUT2D eigenvalue weighted by Crippen LogP contribution is 2.11. The number of aryl methyl sites for hydroxylation is 1. The highest BCUT2D eigenvalue weighted by Gasteiger charge is 2.17. The smallest absolute Gasteiger partial charge is 0.261 e. The Morgan fingerprint density at radius 1 is 1.32 bits per heavy atom. The first-order valence-corrected chi connectivity index (χ1v) is 6.72. The molecule has 0 spiro atoms. The van der Waals surface area contributed by atoms with Crippen LogP contribution in [0, 0.1) is 20.8 Å². The summed E-state index contributed by atoms with van der Waals surface area (Å²) in [5.41, 5.74) is 1.97. The number of nitrogens with zero attached hydrogens (tertiary/aromatic N) is 2. The Bertz CT molecular complexity index is 748. The fourth-order valence-corrected chi connectivity index (χ4v) is 2.03. The molecular weight excluding hydrogens is 288 g/mol. The SMILES string of the molecule is COCc1noc(CNC(=O)c2c(C)c(C)c(C)[nH]c2=O)n1. The van der Waals surface area contributed by atoms with E-state index in [1.165, 1.54) is 7.11 Å². The van der Waals surface area contributed by atoms with Crippen LogP contribution in [0.5, 0.6) is 0 Å². The van der Waals surface area contributed by atoms with Crippen LogP contribution in [0.2, 0.25) is 0 Å². The van der Waals surface area contributed by atoms with Crippen LogP contribution < -0.4 is 10.9 Å². The second-order valence-corrected chi connectivity index (χ2v) is 4.92. The molecule has 118 valence electrons. The fraction of sp³-hybridized carbons (Fsp3) is 0.429. The zero-order chi connectivity index (χ0) is 16.3. The number of methoxy groups -OCH3 is 1. The van der Waals surface area contributed by atoms with Crippen molar-refractivity contribution in [1.29, 1.82) is 0 Å². The van der Waals surface area contributed by atoms with E-state index in [1.54, 1.807) is 13.8 Å². The van der Waals surface area contributed by atoms with Crippen LogP contribution in [-0.4, -0.2) is 28.1 Å². The molecule has 8 nitrogen and oxygen atoms in total. The van der Waals surface area contributed by atoms with E-state index in [1.807, 2.05) is 6.92 Å². The van der Waals surface area contributed by atoms with E-state index >= 15 is 0 Å². The largest absolute Gasteiger partial charge is 0.377 e. The number of aromatic amines is 1. The number of pyridine rings is 1. The molecule has 2 aromatic rings. The standard InChI is InChI=1S/C14H18N4O4/c1-7-8(2)12(14(20)16-9(7)3)13(19)15-5-11-17-10(6-21-4)18-22-11/h5-6H2,1-4H3,(H,15,19)(H,16,20). The van der Waals surface area contributed by atoms with E-state index in [-0.39, 0.29) is 24.6 Å². The van der Waals surface area contributed by atoms with E-state index in [0.29, 0.717) is 11.4 Å². The highest BCUT2D eigenvalue weighted by molar-refractivity contribution is 5.95. The Kier molecular flexibility index (Phi) is 4.71. The van der Waals surface area contributed by atoms with Gasteiger partial charge in [0.25, 0.3) is 11.5 Å². The molecule has 0 aromatic carbocycles. The lowest BCUT2D eigenvalue weighted by molar-refractivity contribution is 0.0944. The van der Waals surface area contributed by atoms with Gasteiger partial charge in [-0.25, -0.2) is 0 Å². The number of ether oxygens (including phenoxy) is 1. The third kappa shape index (κ3) is 3.22. The van der Waals surface area contributed by atoms with Crippen LogP contribution >= 0.6 is 0 Å². The molecular formula is C14H18N4O4. The van der Waals surface area contributed by atoms with Gasteiger partial charge in [0.05, 0.1) is 6.54 Å². The Morgan fingerprint density at radius 2 is 2.05 bits per heavy atom. The molecule has 0 saturated carbocycles. The van der Waals surface area contributed by atoms with Crippen molar-refractivity contribution in [3.05, 3.63) is 44.5 Å². The Balaban J connectivity index is 2.12. The molecule has 0 aliphatic heterocycles. The number of hydrogen-bond donors (Lipinski definition) is 2. The number of amides is 1. The maximum atomic E-state index is 12.2. The van der Waals surface area contributed by atoms with Crippen molar-refractivity contribution in [2.24, 2.45) is 0 Å². The molecule has 0 unspecified atom stereocenters. The zero-order valence-corrected chi connectivity index (χ0v) is 12.9. The van der Waals surface area contributed by atoms with Gasteiger partial charge in [-0.15, -0.1) is 0 Å². The van der Waals surface area contributed by atoms with Crippen molar-refractivity contribution in [2.75, 3.05) is 7.11 Å². The van der Waals surface area contributed by atoms with E-state index < -0.39 is 11.5 Å². The molecule has 1 amide bonds. The van der Waals surface area contributed by atoms with Crippen LogP contribution in [-0.2, 0) is 17.9 Å². The minimum atomic E-state index is -0.478. The average Bonchev–Trinajstić information content (AvgIpc) is 2.91. The van der Waals surface area contributed by atoms with Crippen LogP contribution in [0.15, 0.2) is 9.32 Å². The topological polar surface area (TPSA) is 110 Å². The second kappa shape index (κ2) is 6.52. The third-order valence-electron chi connectivity index (χ3n) is 3.44. The number of aromatic nitrogens is 3. The summed E-state index contributed by atoms with van der Waals surface area (Å²) in [6.45, 7) is 5.66. The summed E-state index contributed by atoms with van der Waals surface area (Å²) in [5.74, 6) is 0.165. The lowest BCUT2D eigenvalue weighted by atomic mass is 10.0. The van der Waals surface area contributed by atoms with E-state index in [4.69, 9.17) is 9.26 Å². The van der Waals surface area contributed by atoms with E-state index in [0.717, 1.165) is 11.3 Å². The quantitative estimate of drug-likeness (QED) is 0.844. The molecule has 2 aromatic heterocycles. The van der Waals surface area contributed by atoms with Crippen molar-refractivity contribution in [1.82, 2.24) is 20.4 Å². The molecule has 0 fully saturated rings. The molecule has 0 atom stereocenters. The van der Waals surface area contributed by atoms with E-state index in [9.17, 15) is 9.59 Å². The lowest BCUT2D eigenvalue weighted by Crippen LogP contribution is -2.31. The van der Waals surface area contributed by atoms with Gasteiger partial charge in [0.1, 0.15) is 12.2 Å². The van der Waals surface area contributed by atoms with Gasteiger partial charge in [0, 0.05) is 12.8 Å². The Hall–Kier alpha value is -2.48. The molecule has 0 radical (unpaired) electrons. The number of nitrogens with one attached hydrogen (secondary N) is 2. The van der Waals surface area contributed by atoms with Gasteiger partial charge in [-0.1, -0.05) is 5.16 Å². The molecule has 2 rings (SSSR count). The zero-order valence-electron chi connectivity index (χ0n) is 12.9. The van der Waals surface area contributed by atoms with Crippen LogP contribution in [0.25, 0.3) is 0 Å².